The number of benzene rings is 2. The van der Waals surface area contributed by atoms with Gasteiger partial charge in [-0.15, -0.1) is 0 Å². The van der Waals surface area contributed by atoms with Crippen molar-refractivity contribution in [2.24, 2.45) is 0 Å². The fourth-order valence-electron chi connectivity index (χ4n) is 5.19. The van der Waals surface area contributed by atoms with Crippen molar-refractivity contribution in [3.05, 3.63) is 89.6 Å². The van der Waals surface area contributed by atoms with Gasteiger partial charge in [0.2, 0.25) is 0 Å². The second-order valence-corrected chi connectivity index (χ2v) is 12.1. The molecule has 1 amide bonds. The molecule has 0 saturated carbocycles. The van der Waals surface area contributed by atoms with Gasteiger partial charge in [-0.1, -0.05) is 35.9 Å². The highest BCUT2D eigenvalue weighted by Crippen LogP contribution is 2.32. The summed E-state index contributed by atoms with van der Waals surface area (Å²) in [6, 6.07) is 23.8. The summed E-state index contributed by atoms with van der Waals surface area (Å²) in [5, 5.41) is 0.675. The Morgan fingerprint density at radius 2 is 1.65 bits per heavy atom. The molecule has 2 aromatic carbocycles. The molecule has 10 heteroatoms. The molecule has 1 aliphatic heterocycles. The molecule has 0 unspecified atom stereocenters. The van der Waals surface area contributed by atoms with Crippen LogP contribution in [0.2, 0.25) is 5.02 Å². The van der Waals surface area contributed by atoms with Gasteiger partial charge in [-0.05, 0) is 74.9 Å². The highest BCUT2D eigenvalue weighted by molar-refractivity contribution is 6.30. The number of nitrogens with zero attached hydrogens (tertiary/aromatic N) is 6. The highest BCUT2D eigenvalue weighted by atomic mass is 35.5. The van der Waals surface area contributed by atoms with Crippen LogP contribution in [0, 0.1) is 0 Å². The molecule has 0 spiro atoms. The lowest BCUT2D eigenvalue weighted by atomic mass is 10.1. The Morgan fingerprint density at radius 1 is 0.930 bits per heavy atom. The van der Waals surface area contributed by atoms with Crippen molar-refractivity contribution in [3.63, 3.8) is 0 Å². The summed E-state index contributed by atoms with van der Waals surface area (Å²) < 4.78 is 7.57. The van der Waals surface area contributed by atoms with Crippen LogP contribution < -0.4 is 5.73 Å². The number of ether oxygens (including phenoxy) is 1. The summed E-state index contributed by atoms with van der Waals surface area (Å²) in [7, 11) is 0. The molecular weight excluding hydrogens is 562 g/mol. The molecule has 9 nitrogen and oxygen atoms in total. The van der Waals surface area contributed by atoms with Crippen molar-refractivity contribution >= 4 is 34.7 Å². The Morgan fingerprint density at radius 3 is 2.33 bits per heavy atom. The summed E-state index contributed by atoms with van der Waals surface area (Å²) in [5.41, 5.74) is 11.9. The number of hydrogen-bond donors (Lipinski definition) is 1. The second-order valence-electron chi connectivity index (χ2n) is 11.7. The summed E-state index contributed by atoms with van der Waals surface area (Å²) in [6.07, 6.45) is 1.42. The highest BCUT2D eigenvalue weighted by Gasteiger charge is 2.26. The van der Waals surface area contributed by atoms with E-state index in [9.17, 15) is 4.79 Å². The van der Waals surface area contributed by atoms with Crippen LogP contribution in [0.1, 0.15) is 26.3 Å². The average molecular weight is 596 g/mol. The number of piperazine rings is 1. The molecule has 0 atom stereocenters. The van der Waals surface area contributed by atoms with Gasteiger partial charge in [-0.3, -0.25) is 9.47 Å². The molecule has 0 radical (unpaired) electrons. The lowest BCUT2D eigenvalue weighted by molar-refractivity contribution is 0.0139. The molecule has 0 bridgehead atoms. The quantitative estimate of drug-likeness (QED) is 0.249. The van der Waals surface area contributed by atoms with Gasteiger partial charge in [0.15, 0.2) is 11.5 Å². The molecule has 1 aliphatic rings. The minimum atomic E-state index is -0.494. The summed E-state index contributed by atoms with van der Waals surface area (Å²) in [5.74, 6) is 1.08. The van der Waals surface area contributed by atoms with Gasteiger partial charge in [0.05, 0.1) is 11.3 Å². The number of aromatic nitrogens is 4. The zero-order chi connectivity index (χ0) is 30.1. The number of rotatable bonds is 5. The minimum Gasteiger partial charge on any atom is -0.444 e. The fraction of sp³-hybridized carbons (Fsp3) is 0.273. The number of fused-ring (bicyclic) bond motifs is 1. The summed E-state index contributed by atoms with van der Waals surface area (Å²) in [4.78, 5) is 30.8. The lowest BCUT2D eigenvalue weighted by Crippen LogP contribution is -2.49. The van der Waals surface area contributed by atoms with E-state index in [1.165, 1.54) is 5.56 Å². The van der Waals surface area contributed by atoms with Gasteiger partial charge in [0.25, 0.3) is 0 Å². The van der Waals surface area contributed by atoms with E-state index in [1.807, 2.05) is 73.9 Å². The molecule has 2 N–H and O–H groups in total. The first-order valence-corrected chi connectivity index (χ1v) is 14.7. The van der Waals surface area contributed by atoms with Gasteiger partial charge in [0, 0.05) is 55.2 Å². The lowest BCUT2D eigenvalue weighted by Gasteiger charge is -2.35. The van der Waals surface area contributed by atoms with Crippen LogP contribution in [0.4, 0.5) is 10.6 Å². The van der Waals surface area contributed by atoms with Crippen LogP contribution in [0.3, 0.4) is 0 Å². The van der Waals surface area contributed by atoms with E-state index in [-0.39, 0.29) is 6.09 Å². The maximum absolute atomic E-state index is 12.4. The molecule has 3 aromatic heterocycles. The van der Waals surface area contributed by atoms with E-state index >= 15 is 0 Å². The third-order valence-electron chi connectivity index (χ3n) is 7.35. The van der Waals surface area contributed by atoms with Crippen molar-refractivity contribution < 1.29 is 9.53 Å². The predicted octanol–water partition coefficient (Wildman–Crippen LogP) is 6.44. The Hall–Kier alpha value is -4.47. The molecule has 1 fully saturated rings. The molecule has 4 heterocycles. The summed E-state index contributed by atoms with van der Waals surface area (Å²) >= 11 is 6.12. The molecule has 43 heavy (non-hydrogen) atoms. The number of hydrogen-bond acceptors (Lipinski definition) is 7. The average Bonchev–Trinajstić information content (AvgIpc) is 3.36. The van der Waals surface area contributed by atoms with Crippen molar-refractivity contribution in [1.29, 1.82) is 0 Å². The van der Waals surface area contributed by atoms with E-state index in [4.69, 9.17) is 32.0 Å². The maximum Gasteiger partial charge on any atom is 0.410 e. The number of carbonyl (C=O) groups is 1. The number of imidazole rings is 1. The fourth-order valence-corrected chi connectivity index (χ4v) is 5.32. The van der Waals surface area contributed by atoms with Gasteiger partial charge in [0.1, 0.15) is 16.9 Å². The van der Waals surface area contributed by atoms with Crippen LogP contribution in [0.25, 0.3) is 39.5 Å². The first kappa shape index (κ1) is 28.6. The Balaban J connectivity index is 1.28. The Bertz CT molecular complexity index is 1750. The van der Waals surface area contributed by atoms with E-state index in [1.54, 1.807) is 11.1 Å². The summed E-state index contributed by atoms with van der Waals surface area (Å²) in [6.45, 7) is 9.32. The Kier molecular flexibility index (Phi) is 7.77. The van der Waals surface area contributed by atoms with Crippen LogP contribution in [-0.2, 0) is 11.3 Å². The standard InChI is InChI=1S/C33H34ClN7O2/c1-33(2,3)43-32(42)40-19-17-39(18-20-40)21-22-6-12-25(13-7-22)41-30(26-5-4-16-36-29(26)35)38-28-15-14-27(37-31(28)41)23-8-10-24(34)11-9-23/h4-16H,17-21H2,1-3H3,(H2,35,36). The first-order chi connectivity index (χ1) is 20.6. The van der Waals surface area contributed by atoms with E-state index < -0.39 is 5.60 Å². The number of anilines is 1. The molecular formula is C33H34ClN7O2. The number of pyridine rings is 2. The normalized spacial score (nSPS) is 14.3. The van der Waals surface area contributed by atoms with Crippen molar-refractivity contribution in [2.75, 3.05) is 31.9 Å². The largest absolute Gasteiger partial charge is 0.444 e. The SMILES string of the molecule is CC(C)(C)OC(=O)N1CCN(Cc2ccc(-n3c(-c4cccnc4N)nc4ccc(-c5ccc(Cl)cc5)nc43)cc2)CC1. The predicted molar refractivity (Wildman–Crippen MR) is 170 cm³/mol. The third kappa shape index (κ3) is 6.33. The van der Waals surface area contributed by atoms with Gasteiger partial charge < -0.3 is 15.4 Å². The van der Waals surface area contributed by atoms with E-state index in [0.29, 0.717) is 29.8 Å². The van der Waals surface area contributed by atoms with Gasteiger partial charge in [-0.2, -0.15) is 0 Å². The van der Waals surface area contributed by atoms with E-state index in [2.05, 4.69) is 34.1 Å². The number of nitrogens with two attached hydrogens (primary N) is 1. The van der Waals surface area contributed by atoms with Crippen LogP contribution >= 0.6 is 11.6 Å². The third-order valence-corrected chi connectivity index (χ3v) is 7.60. The minimum absolute atomic E-state index is 0.248. The topological polar surface area (TPSA) is 102 Å². The van der Waals surface area contributed by atoms with Crippen molar-refractivity contribution in [1.82, 2.24) is 29.3 Å². The van der Waals surface area contributed by atoms with Crippen LogP contribution in [0.15, 0.2) is 79.0 Å². The first-order valence-electron chi connectivity index (χ1n) is 14.3. The smallest absolute Gasteiger partial charge is 0.410 e. The maximum atomic E-state index is 12.4. The van der Waals surface area contributed by atoms with Crippen molar-refractivity contribution in [2.45, 2.75) is 32.9 Å². The molecule has 5 aromatic rings. The van der Waals surface area contributed by atoms with Crippen LogP contribution in [-0.4, -0.2) is 67.2 Å². The Labute approximate surface area is 255 Å². The monoisotopic (exact) mass is 595 g/mol. The number of carbonyl (C=O) groups excluding carboxylic acids is 1. The van der Waals surface area contributed by atoms with E-state index in [0.717, 1.165) is 53.3 Å². The number of halogens is 1. The molecule has 6 rings (SSSR count). The van der Waals surface area contributed by atoms with Crippen molar-refractivity contribution in [3.8, 4) is 28.3 Å². The number of nitrogen functional groups attached to an aromatic ring is 1. The molecule has 0 aliphatic carbocycles. The van der Waals surface area contributed by atoms with Gasteiger partial charge in [-0.25, -0.2) is 19.7 Å². The zero-order valence-corrected chi connectivity index (χ0v) is 25.3. The van der Waals surface area contributed by atoms with Crippen LogP contribution in [0.5, 0.6) is 0 Å². The number of amides is 1. The zero-order valence-electron chi connectivity index (χ0n) is 24.5. The second kappa shape index (κ2) is 11.7. The molecule has 220 valence electrons. The van der Waals surface area contributed by atoms with Gasteiger partial charge >= 0.3 is 6.09 Å². The molecule has 1 saturated heterocycles.